The molecule has 0 radical (unpaired) electrons. The second-order valence-corrected chi connectivity index (χ2v) is 4.03. The molecule has 0 N–H and O–H groups in total. The van der Waals surface area contributed by atoms with Gasteiger partial charge in [-0.1, -0.05) is 0 Å². The summed E-state index contributed by atoms with van der Waals surface area (Å²) in [6, 6.07) is 5.06. The molecule has 0 aliphatic heterocycles. The summed E-state index contributed by atoms with van der Waals surface area (Å²) in [6.45, 7) is 2.79. The van der Waals surface area contributed by atoms with Crippen molar-refractivity contribution in [2.75, 3.05) is 6.54 Å². The first-order valence-corrected chi connectivity index (χ1v) is 6.00. The number of pyridine rings is 2. The molecule has 0 fully saturated rings. The quantitative estimate of drug-likeness (QED) is 0.846. The molecule has 5 heteroatoms. The summed E-state index contributed by atoms with van der Waals surface area (Å²) < 4.78 is 13.6. The fourth-order valence-electron chi connectivity index (χ4n) is 1.75. The summed E-state index contributed by atoms with van der Waals surface area (Å²) >= 11 is 0. The fraction of sp³-hybridized carbons (Fsp3) is 0.214. The van der Waals surface area contributed by atoms with Crippen LogP contribution in [0.25, 0.3) is 0 Å². The number of hydrogen-bond donors (Lipinski definition) is 0. The van der Waals surface area contributed by atoms with Crippen molar-refractivity contribution in [1.29, 1.82) is 0 Å². The maximum atomic E-state index is 13.6. The molecular weight excluding hydrogens is 245 g/mol. The number of rotatable bonds is 4. The van der Waals surface area contributed by atoms with Crippen LogP contribution in [0.1, 0.15) is 22.8 Å². The van der Waals surface area contributed by atoms with Gasteiger partial charge in [0.25, 0.3) is 5.91 Å². The molecule has 0 aromatic carbocycles. The average molecular weight is 259 g/mol. The number of hydrogen-bond acceptors (Lipinski definition) is 3. The highest BCUT2D eigenvalue weighted by molar-refractivity contribution is 5.94. The molecule has 0 atom stereocenters. The molecule has 2 rings (SSSR count). The maximum Gasteiger partial charge on any atom is 0.257 e. The third-order valence-corrected chi connectivity index (χ3v) is 2.79. The summed E-state index contributed by atoms with van der Waals surface area (Å²) in [6.07, 6.45) is 5.80. The molecule has 0 aliphatic carbocycles. The van der Waals surface area contributed by atoms with Crippen LogP contribution in [0.15, 0.2) is 43.0 Å². The Kier molecular flexibility index (Phi) is 4.18. The molecule has 0 saturated carbocycles. The predicted molar refractivity (Wildman–Crippen MR) is 68.8 cm³/mol. The Balaban J connectivity index is 2.18. The highest BCUT2D eigenvalue weighted by Gasteiger charge is 2.18. The van der Waals surface area contributed by atoms with Crippen LogP contribution in [-0.2, 0) is 6.54 Å². The van der Waals surface area contributed by atoms with E-state index < -0.39 is 5.82 Å². The average Bonchev–Trinajstić information content (AvgIpc) is 2.46. The summed E-state index contributed by atoms with van der Waals surface area (Å²) in [5.74, 6) is -0.931. The third-order valence-electron chi connectivity index (χ3n) is 2.79. The molecule has 0 saturated heterocycles. The lowest BCUT2D eigenvalue weighted by Gasteiger charge is -2.21. The second-order valence-electron chi connectivity index (χ2n) is 4.03. The van der Waals surface area contributed by atoms with Gasteiger partial charge in [0.1, 0.15) is 0 Å². The van der Waals surface area contributed by atoms with Gasteiger partial charge in [-0.3, -0.25) is 14.8 Å². The van der Waals surface area contributed by atoms with Crippen molar-refractivity contribution >= 4 is 5.91 Å². The van der Waals surface area contributed by atoms with Gasteiger partial charge >= 0.3 is 0 Å². The predicted octanol–water partition coefficient (Wildman–Crippen LogP) is 2.28. The van der Waals surface area contributed by atoms with E-state index in [4.69, 9.17) is 0 Å². The van der Waals surface area contributed by atoms with E-state index in [2.05, 4.69) is 9.97 Å². The first kappa shape index (κ1) is 13.1. The molecule has 0 spiro atoms. The monoisotopic (exact) mass is 259 g/mol. The van der Waals surface area contributed by atoms with Crippen LogP contribution in [0.5, 0.6) is 0 Å². The number of nitrogens with zero attached hydrogens (tertiary/aromatic N) is 3. The highest BCUT2D eigenvalue weighted by atomic mass is 19.1. The van der Waals surface area contributed by atoms with Crippen molar-refractivity contribution in [2.45, 2.75) is 13.5 Å². The minimum absolute atomic E-state index is 0.0471. The van der Waals surface area contributed by atoms with E-state index in [0.717, 1.165) is 11.8 Å². The molecule has 4 nitrogen and oxygen atoms in total. The third kappa shape index (κ3) is 3.13. The second kappa shape index (κ2) is 6.04. The largest absolute Gasteiger partial charge is 0.335 e. The van der Waals surface area contributed by atoms with E-state index in [-0.39, 0.29) is 11.5 Å². The van der Waals surface area contributed by atoms with Crippen LogP contribution < -0.4 is 0 Å². The zero-order chi connectivity index (χ0) is 13.7. The van der Waals surface area contributed by atoms with Gasteiger partial charge in [-0.25, -0.2) is 4.39 Å². The van der Waals surface area contributed by atoms with Crippen LogP contribution in [0.4, 0.5) is 4.39 Å². The molecule has 2 aromatic heterocycles. The molecule has 2 heterocycles. The number of amides is 1. The summed E-state index contributed by atoms with van der Waals surface area (Å²) in [4.78, 5) is 21.4. The van der Waals surface area contributed by atoms with Gasteiger partial charge in [0.05, 0.1) is 11.8 Å². The SMILES string of the molecule is CCN(Cc1ccncc1)C(=O)c1ccncc1F. The summed E-state index contributed by atoms with van der Waals surface area (Å²) in [5.41, 5.74) is 1.01. The number of halogens is 1. The standard InChI is InChI=1S/C14H14FN3O/c1-2-18(10-11-3-6-16-7-4-11)14(19)12-5-8-17-9-13(12)15/h3-9H,2,10H2,1H3. The van der Waals surface area contributed by atoms with E-state index in [9.17, 15) is 9.18 Å². The van der Waals surface area contributed by atoms with Gasteiger partial charge < -0.3 is 4.90 Å². The molecule has 98 valence electrons. The van der Waals surface area contributed by atoms with E-state index in [1.807, 2.05) is 19.1 Å². The van der Waals surface area contributed by atoms with Gasteiger partial charge in [0.15, 0.2) is 5.82 Å². The van der Waals surface area contributed by atoms with Crippen molar-refractivity contribution in [1.82, 2.24) is 14.9 Å². The minimum atomic E-state index is -0.597. The highest BCUT2D eigenvalue weighted by Crippen LogP contribution is 2.11. The Bertz CT molecular complexity index is 560. The van der Waals surface area contributed by atoms with Crippen molar-refractivity contribution < 1.29 is 9.18 Å². The zero-order valence-electron chi connectivity index (χ0n) is 10.6. The lowest BCUT2D eigenvalue weighted by molar-refractivity contribution is 0.0747. The van der Waals surface area contributed by atoms with Crippen molar-refractivity contribution in [3.8, 4) is 0 Å². The van der Waals surface area contributed by atoms with E-state index in [1.54, 1.807) is 17.3 Å². The Morgan fingerprint density at radius 2 is 1.89 bits per heavy atom. The van der Waals surface area contributed by atoms with Crippen LogP contribution in [-0.4, -0.2) is 27.3 Å². The molecule has 0 unspecified atom stereocenters. The maximum absolute atomic E-state index is 13.6. The number of aromatic nitrogens is 2. The molecular formula is C14H14FN3O. The van der Waals surface area contributed by atoms with E-state index in [1.165, 1.54) is 12.3 Å². The summed E-state index contributed by atoms with van der Waals surface area (Å²) in [5, 5.41) is 0. The van der Waals surface area contributed by atoms with Crippen molar-refractivity contribution in [3.05, 3.63) is 59.9 Å². The smallest absolute Gasteiger partial charge is 0.257 e. The lowest BCUT2D eigenvalue weighted by atomic mass is 10.2. The van der Waals surface area contributed by atoms with Crippen LogP contribution in [0, 0.1) is 5.82 Å². The number of carbonyl (C=O) groups excluding carboxylic acids is 1. The zero-order valence-corrected chi connectivity index (χ0v) is 10.6. The van der Waals surface area contributed by atoms with Gasteiger partial charge in [-0.2, -0.15) is 0 Å². The van der Waals surface area contributed by atoms with Gasteiger partial charge in [-0.05, 0) is 30.7 Å². The molecule has 2 aromatic rings. The molecule has 0 aliphatic rings. The first-order valence-electron chi connectivity index (χ1n) is 6.00. The molecule has 19 heavy (non-hydrogen) atoms. The molecule has 0 bridgehead atoms. The van der Waals surface area contributed by atoms with Crippen LogP contribution in [0.3, 0.4) is 0 Å². The van der Waals surface area contributed by atoms with E-state index >= 15 is 0 Å². The van der Waals surface area contributed by atoms with Gasteiger partial charge in [0.2, 0.25) is 0 Å². The fourth-order valence-corrected chi connectivity index (χ4v) is 1.75. The Hall–Kier alpha value is -2.30. The first-order chi connectivity index (χ1) is 9.22. The summed E-state index contributed by atoms with van der Waals surface area (Å²) in [7, 11) is 0. The van der Waals surface area contributed by atoms with Crippen molar-refractivity contribution in [3.63, 3.8) is 0 Å². The Labute approximate surface area is 110 Å². The molecule has 1 amide bonds. The topological polar surface area (TPSA) is 46.1 Å². The van der Waals surface area contributed by atoms with Crippen molar-refractivity contribution in [2.24, 2.45) is 0 Å². The normalized spacial score (nSPS) is 10.2. The van der Waals surface area contributed by atoms with Gasteiger partial charge in [-0.15, -0.1) is 0 Å². The number of carbonyl (C=O) groups is 1. The Morgan fingerprint density at radius 3 is 2.53 bits per heavy atom. The van der Waals surface area contributed by atoms with Crippen LogP contribution in [0.2, 0.25) is 0 Å². The Morgan fingerprint density at radius 1 is 1.21 bits per heavy atom. The minimum Gasteiger partial charge on any atom is -0.335 e. The van der Waals surface area contributed by atoms with Crippen LogP contribution >= 0.6 is 0 Å². The van der Waals surface area contributed by atoms with E-state index in [0.29, 0.717) is 13.1 Å². The lowest BCUT2D eigenvalue weighted by Crippen LogP contribution is -2.31. The van der Waals surface area contributed by atoms with Gasteiger partial charge in [0, 0.05) is 31.7 Å².